The lowest BCUT2D eigenvalue weighted by molar-refractivity contribution is -0.385. The second-order valence-corrected chi connectivity index (χ2v) is 6.35. The molecule has 0 aliphatic rings. The lowest BCUT2D eigenvalue weighted by Crippen LogP contribution is -2.19. The monoisotopic (exact) mass is 420 g/mol. The molecule has 3 aromatic carbocycles. The molecule has 0 unspecified atom stereocenters. The largest absolute Gasteiger partial charge is 0.487 e. The highest BCUT2D eigenvalue weighted by Crippen LogP contribution is 2.28. The second-order valence-electron chi connectivity index (χ2n) is 6.35. The van der Waals surface area contributed by atoms with Crippen LogP contribution in [0.5, 0.6) is 5.75 Å². The Morgan fingerprint density at radius 2 is 1.45 bits per heavy atom. The molecular formula is C22H20N4O5. The Morgan fingerprint density at radius 1 is 0.871 bits per heavy atom. The average molecular weight is 420 g/mol. The van der Waals surface area contributed by atoms with Crippen LogP contribution in [0.2, 0.25) is 0 Å². The first-order valence-corrected chi connectivity index (χ1v) is 9.42. The summed E-state index contributed by atoms with van der Waals surface area (Å²) >= 11 is 0. The molecule has 3 rings (SSSR count). The Labute approximate surface area is 178 Å². The number of nitrogens with one attached hydrogen (secondary N) is 3. The quantitative estimate of drug-likeness (QED) is 0.371. The van der Waals surface area contributed by atoms with Gasteiger partial charge in [0.1, 0.15) is 0 Å². The van der Waals surface area contributed by atoms with Crippen molar-refractivity contribution < 1.29 is 19.2 Å². The number of anilines is 3. The van der Waals surface area contributed by atoms with Gasteiger partial charge in [-0.05, 0) is 55.5 Å². The van der Waals surface area contributed by atoms with E-state index in [9.17, 15) is 19.7 Å². The van der Waals surface area contributed by atoms with Gasteiger partial charge in [-0.1, -0.05) is 18.2 Å². The van der Waals surface area contributed by atoms with Crippen LogP contribution < -0.4 is 20.7 Å². The van der Waals surface area contributed by atoms with Crippen molar-refractivity contribution in [2.45, 2.75) is 6.92 Å². The van der Waals surface area contributed by atoms with Gasteiger partial charge in [0.25, 0.3) is 5.91 Å². The fraction of sp³-hybridized carbons (Fsp3) is 0.0909. The number of urea groups is 1. The Kier molecular flexibility index (Phi) is 6.79. The van der Waals surface area contributed by atoms with Gasteiger partial charge in [-0.2, -0.15) is 0 Å². The van der Waals surface area contributed by atoms with Gasteiger partial charge in [-0.3, -0.25) is 14.9 Å². The van der Waals surface area contributed by atoms with Crippen molar-refractivity contribution in [2.75, 3.05) is 22.6 Å². The third-order valence-corrected chi connectivity index (χ3v) is 4.15. The van der Waals surface area contributed by atoms with Gasteiger partial charge in [-0.15, -0.1) is 0 Å². The summed E-state index contributed by atoms with van der Waals surface area (Å²) in [6, 6.07) is 19.1. The van der Waals surface area contributed by atoms with Gasteiger partial charge >= 0.3 is 11.7 Å². The molecule has 0 saturated carbocycles. The van der Waals surface area contributed by atoms with E-state index in [1.807, 2.05) is 18.2 Å². The standard InChI is InChI=1S/C22H20N4O5/c1-2-31-20-13-8-15(14-19(20)26(29)30)21(27)23-17-9-11-18(12-10-17)25-22(28)24-16-6-4-3-5-7-16/h3-14H,2H2,1H3,(H,23,27)(H2,24,25,28). The van der Waals surface area contributed by atoms with Crippen LogP contribution in [0.15, 0.2) is 72.8 Å². The SMILES string of the molecule is CCOc1ccc(C(=O)Nc2ccc(NC(=O)Nc3ccccc3)cc2)cc1[N+](=O)[O-]. The second kappa shape index (κ2) is 9.88. The normalized spacial score (nSPS) is 10.1. The van der Waals surface area contributed by atoms with Crippen LogP contribution >= 0.6 is 0 Å². The van der Waals surface area contributed by atoms with E-state index in [2.05, 4.69) is 16.0 Å². The van der Waals surface area contributed by atoms with Crippen LogP contribution in [0.25, 0.3) is 0 Å². The number of nitro benzene ring substituents is 1. The highest BCUT2D eigenvalue weighted by molar-refractivity contribution is 6.05. The summed E-state index contributed by atoms with van der Waals surface area (Å²) < 4.78 is 5.22. The van der Waals surface area contributed by atoms with Gasteiger partial charge in [0.15, 0.2) is 5.75 Å². The van der Waals surface area contributed by atoms with Crippen LogP contribution in [-0.4, -0.2) is 23.5 Å². The molecule has 0 atom stereocenters. The van der Waals surface area contributed by atoms with E-state index in [1.165, 1.54) is 18.2 Å². The number of carbonyl (C=O) groups excluding carboxylic acids is 2. The molecule has 0 aliphatic heterocycles. The van der Waals surface area contributed by atoms with Crippen molar-refractivity contribution in [3.8, 4) is 5.75 Å². The van der Waals surface area contributed by atoms with Crippen molar-refractivity contribution in [3.05, 3.63) is 88.5 Å². The Hall–Kier alpha value is -4.40. The molecule has 0 bridgehead atoms. The van der Waals surface area contributed by atoms with Gasteiger partial charge in [0.05, 0.1) is 11.5 Å². The molecule has 3 amide bonds. The minimum absolute atomic E-state index is 0.105. The number of nitro groups is 1. The molecule has 0 saturated heterocycles. The van der Waals surface area contributed by atoms with Crippen molar-refractivity contribution >= 4 is 34.7 Å². The number of benzene rings is 3. The van der Waals surface area contributed by atoms with Crippen molar-refractivity contribution in [3.63, 3.8) is 0 Å². The first kappa shape index (κ1) is 21.3. The van der Waals surface area contributed by atoms with E-state index in [0.29, 0.717) is 17.1 Å². The lowest BCUT2D eigenvalue weighted by Gasteiger charge is -2.10. The van der Waals surface area contributed by atoms with Gasteiger partial charge in [0, 0.05) is 28.7 Å². The minimum atomic E-state index is -0.595. The van der Waals surface area contributed by atoms with E-state index >= 15 is 0 Å². The molecule has 9 nitrogen and oxygen atoms in total. The molecule has 0 aromatic heterocycles. The topological polar surface area (TPSA) is 123 Å². The zero-order valence-corrected chi connectivity index (χ0v) is 16.6. The third-order valence-electron chi connectivity index (χ3n) is 4.15. The first-order chi connectivity index (χ1) is 15.0. The number of ether oxygens (including phenoxy) is 1. The van der Waals surface area contributed by atoms with Gasteiger partial charge in [-0.25, -0.2) is 4.79 Å². The molecule has 3 aromatic rings. The van der Waals surface area contributed by atoms with E-state index in [1.54, 1.807) is 43.3 Å². The number of rotatable bonds is 7. The highest BCUT2D eigenvalue weighted by atomic mass is 16.6. The van der Waals surface area contributed by atoms with Crippen molar-refractivity contribution in [1.29, 1.82) is 0 Å². The van der Waals surface area contributed by atoms with E-state index in [0.717, 1.165) is 0 Å². The molecule has 158 valence electrons. The highest BCUT2D eigenvalue weighted by Gasteiger charge is 2.18. The number of carbonyl (C=O) groups is 2. The summed E-state index contributed by atoms with van der Waals surface area (Å²) in [7, 11) is 0. The number of hydrogen-bond donors (Lipinski definition) is 3. The first-order valence-electron chi connectivity index (χ1n) is 9.42. The number of para-hydroxylation sites is 1. The zero-order chi connectivity index (χ0) is 22.2. The predicted molar refractivity (Wildman–Crippen MR) is 118 cm³/mol. The minimum Gasteiger partial charge on any atom is -0.487 e. The number of hydrogen-bond acceptors (Lipinski definition) is 5. The zero-order valence-electron chi connectivity index (χ0n) is 16.6. The molecule has 31 heavy (non-hydrogen) atoms. The summed E-state index contributed by atoms with van der Waals surface area (Å²) in [5.74, 6) is -0.401. The third kappa shape index (κ3) is 5.80. The van der Waals surface area contributed by atoms with E-state index < -0.39 is 16.9 Å². The Balaban J connectivity index is 1.63. The smallest absolute Gasteiger partial charge is 0.323 e. The summed E-state index contributed by atoms with van der Waals surface area (Å²) in [5.41, 5.74) is 1.50. The summed E-state index contributed by atoms with van der Waals surface area (Å²) in [6.45, 7) is 1.99. The van der Waals surface area contributed by atoms with Crippen LogP contribution in [0.1, 0.15) is 17.3 Å². The number of amides is 3. The molecule has 0 spiro atoms. The maximum Gasteiger partial charge on any atom is 0.323 e. The maximum absolute atomic E-state index is 12.5. The van der Waals surface area contributed by atoms with Crippen LogP contribution in [0.4, 0.5) is 27.5 Å². The van der Waals surface area contributed by atoms with E-state index in [-0.39, 0.29) is 23.6 Å². The fourth-order valence-corrected chi connectivity index (χ4v) is 2.73. The average Bonchev–Trinajstić information content (AvgIpc) is 2.76. The predicted octanol–water partition coefficient (Wildman–Crippen LogP) is 4.89. The fourth-order valence-electron chi connectivity index (χ4n) is 2.73. The van der Waals surface area contributed by atoms with Crippen LogP contribution in [0.3, 0.4) is 0 Å². The van der Waals surface area contributed by atoms with Gasteiger partial charge in [0.2, 0.25) is 0 Å². The summed E-state index contributed by atoms with van der Waals surface area (Å²) in [4.78, 5) is 35.1. The summed E-state index contributed by atoms with van der Waals surface area (Å²) in [6.07, 6.45) is 0. The molecule has 9 heteroatoms. The lowest BCUT2D eigenvalue weighted by atomic mass is 10.1. The Morgan fingerprint density at radius 3 is 2.03 bits per heavy atom. The Bertz CT molecular complexity index is 1080. The molecular weight excluding hydrogens is 400 g/mol. The molecule has 0 heterocycles. The van der Waals surface area contributed by atoms with Crippen molar-refractivity contribution in [2.24, 2.45) is 0 Å². The molecule has 0 radical (unpaired) electrons. The summed E-state index contributed by atoms with van der Waals surface area (Å²) in [5, 5.41) is 19.3. The van der Waals surface area contributed by atoms with Crippen LogP contribution in [0, 0.1) is 10.1 Å². The number of nitrogens with zero attached hydrogens (tertiary/aromatic N) is 1. The molecule has 0 fully saturated rings. The van der Waals surface area contributed by atoms with E-state index in [4.69, 9.17) is 4.74 Å². The maximum atomic E-state index is 12.5. The van der Waals surface area contributed by atoms with Gasteiger partial charge < -0.3 is 20.7 Å². The molecule has 3 N–H and O–H groups in total. The molecule has 0 aliphatic carbocycles. The van der Waals surface area contributed by atoms with Crippen LogP contribution in [-0.2, 0) is 0 Å². The van der Waals surface area contributed by atoms with Crippen molar-refractivity contribution in [1.82, 2.24) is 0 Å².